The van der Waals surface area contributed by atoms with E-state index in [2.05, 4.69) is 33.9 Å². The summed E-state index contributed by atoms with van der Waals surface area (Å²) < 4.78 is 0. The average Bonchev–Trinajstić information content (AvgIpc) is 2.60. The maximum Gasteiger partial charge on any atom is 0.268 e. The van der Waals surface area contributed by atoms with Crippen molar-refractivity contribution in [2.24, 2.45) is 5.92 Å². The molecule has 1 aliphatic rings. The SMILES string of the molecule is C[C@@H](O)[C@H](NC(=O)c1ccc(C#CC#CC2CN(C)C2)cc1)C(=O)NO. The van der Waals surface area contributed by atoms with Gasteiger partial charge in [-0.2, -0.15) is 0 Å². The van der Waals surface area contributed by atoms with E-state index < -0.39 is 24.0 Å². The van der Waals surface area contributed by atoms with Crippen LogP contribution in [-0.2, 0) is 4.79 Å². The van der Waals surface area contributed by atoms with Crippen LogP contribution >= 0.6 is 0 Å². The van der Waals surface area contributed by atoms with Gasteiger partial charge in [0.1, 0.15) is 6.04 Å². The number of carbonyl (C=O) groups is 2. The number of rotatable bonds is 4. The van der Waals surface area contributed by atoms with Gasteiger partial charge in [-0.05, 0) is 50.1 Å². The van der Waals surface area contributed by atoms with Crippen LogP contribution in [0, 0.1) is 29.6 Å². The van der Waals surface area contributed by atoms with Gasteiger partial charge in [0.15, 0.2) is 0 Å². The fraction of sp³-hybridized carbons (Fsp3) is 0.368. The first-order chi connectivity index (χ1) is 12.4. The van der Waals surface area contributed by atoms with Crippen LogP contribution in [0.2, 0.25) is 0 Å². The Morgan fingerprint density at radius 1 is 1.23 bits per heavy atom. The average molecular weight is 355 g/mol. The number of likely N-dealkylation sites (tertiary alicyclic amines) is 1. The molecule has 7 heteroatoms. The van der Waals surface area contributed by atoms with Crippen LogP contribution in [0.1, 0.15) is 22.8 Å². The molecule has 4 N–H and O–H groups in total. The van der Waals surface area contributed by atoms with Gasteiger partial charge in [0.2, 0.25) is 0 Å². The van der Waals surface area contributed by atoms with E-state index in [1.54, 1.807) is 24.3 Å². The van der Waals surface area contributed by atoms with Gasteiger partial charge in [0, 0.05) is 30.1 Å². The second-order valence-electron chi connectivity index (χ2n) is 6.18. The Bertz CT molecular complexity index is 775. The zero-order chi connectivity index (χ0) is 19.1. The van der Waals surface area contributed by atoms with E-state index in [9.17, 15) is 14.7 Å². The monoisotopic (exact) mass is 355 g/mol. The van der Waals surface area contributed by atoms with Crippen molar-refractivity contribution in [3.63, 3.8) is 0 Å². The smallest absolute Gasteiger partial charge is 0.268 e. The lowest BCUT2D eigenvalue weighted by Gasteiger charge is -2.32. The van der Waals surface area contributed by atoms with Crippen LogP contribution in [0.25, 0.3) is 0 Å². The summed E-state index contributed by atoms with van der Waals surface area (Å²) in [5, 5.41) is 20.5. The van der Waals surface area contributed by atoms with Crippen molar-refractivity contribution in [1.29, 1.82) is 0 Å². The second kappa shape index (κ2) is 9.02. The number of hydrogen-bond donors (Lipinski definition) is 4. The molecule has 136 valence electrons. The summed E-state index contributed by atoms with van der Waals surface area (Å²) in [6.45, 7) is 3.28. The van der Waals surface area contributed by atoms with Crippen molar-refractivity contribution in [2.75, 3.05) is 20.1 Å². The predicted molar refractivity (Wildman–Crippen MR) is 94.9 cm³/mol. The maximum atomic E-state index is 12.1. The molecule has 0 unspecified atom stereocenters. The summed E-state index contributed by atoms with van der Waals surface area (Å²) in [6, 6.07) is 5.20. The summed E-state index contributed by atoms with van der Waals surface area (Å²) in [6.07, 6.45) is -1.16. The van der Waals surface area contributed by atoms with Gasteiger partial charge >= 0.3 is 0 Å². The van der Waals surface area contributed by atoms with Gasteiger partial charge in [0.25, 0.3) is 11.8 Å². The summed E-state index contributed by atoms with van der Waals surface area (Å²) in [5.74, 6) is 10.6. The Morgan fingerprint density at radius 2 is 1.88 bits per heavy atom. The highest BCUT2D eigenvalue weighted by Gasteiger charge is 2.25. The van der Waals surface area contributed by atoms with Crippen LogP contribution in [0.5, 0.6) is 0 Å². The fourth-order valence-electron chi connectivity index (χ4n) is 2.44. The van der Waals surface area contributed by atoms with Crippen molar-refractivity contribution >= 4 is 11.8 Å². The molecule has 0 spiro atoms. The molecule has 26 heavy (non-hydrogen) atoms. The van der Waals surface area contributed by atoms with Crippen molar-refractivity contribution < 1.29 is 19.9 Å². The van der Waals surface area contributed by atoms with E-state index in [1.807, 2.05) is 7.05 Å². The first kappa shape index (κ1) is 19.5. The highest BCUT2D eigenvalue weighted by molar-refractivity contribution is 5.97. The molecule has 0 saturated carbocycles. The predicted octanol–water partition coefficient (Wildman–Crippen LogP) is -0.412. The lowest BCUT2D eigenvalue weighted by Crippen LogP contribution is -2.51. The molecule has 1 aliphatic heterocycles. The first-order valence-electron chi connectivity index (χ1n) is 8.13. The molecule has 1 heterocycles. The maximum absolute atomic E-state index is 12.1. The zero-order valence-corrected chi connectivity index (χ0v) is 14.6. The lowest BCUT2D eigenvalue weighted by molar-refractivity contribution is -0.133. The van der Waals surface area contributed by atoms with E-state index in [4.69, 9.17) is 5.21 Å². The van der Waals surface area contributed by atoms with Gasteiger partial charge < -0.3 is 15.3 Å². The highest BCUT2D eigenvalue weighted by Crippen LogP contribution is 2.10. The van der Waals surface area contributed by atoms with Crippen LogP contribution in [0.3, 0.4) is 0 Å². The number of hydrogen-bond acceptors (Lipinski definition) is 5. The van der Waals surface area contributed by atoms with Crippen molar-refractivity contribution in [3.05, 3.63) is 35.4 Å². The molecule has 1 saturated heterocycles. The number of carbonyl (C=O) groups excluding carboxylic acids is 2. The third-order valence-electron chi connectivity index (χ3n) is 3.92. The van der Waals surface area contributed by atoms with Gasteiger partial charge in [0.05, 0.1) is 6.10 Å². The largest absolute Gasteiger partial charge is 0.391 e. The molecule has 1 aromatic rings. The van der Waals surface area contributed by atoms with E-state index in [0.29, 0.717) is 17.0 Å². The second-order valence-corrected chi connectivity index (χ2v) is 6.18. The van der Waals surface area contributed by atoms with Gasteiger partial charge in [-0.1, -0.05) is 11.8 Å². The van der Waals surface area contributed by atoms with Crippen LogP contribution < -0.4 is 10.8 Å². The number of aliphatic hydroxyl groups is 1. The number of amides is 2. The molecule has 2 amide bonds. The molecule has 1 aromatic carbocycles. The van der Waals surface area contributed by atoms with Gasteiger partial charge in [-0.3, -0.25) is 14.8 Å². The van der Waals surface area contributed by atoms with Crippen molar-refractivity contribution in [3.8, 4) is 23.7 Å². The number of hydroxylamine groups is 1. The number of aliphatic hydroxyl groups excluding tert-OH is 1. The standard InChI is InChI=1S/C19H21N3O4/c1-13(23)17(19(25)21-26)20-18(24)16-9-7-14(8-10-16)5-3-4-6-15-11-22(2)12-15/h7-10,13,15,17,23,26H,11-12H2,1-2H3,(H,20,24)(H,21,25)/t13-,17+/m1/s1. The molecular formula is C19H21N3O4. The molecule has 2 atom stereocenters. The highest BCUT2D eigenvalue weighted by atomic mass is 16.5. The Labute approximate surface area is 152 Å². The van der Waals surface area contributed by atoms with Crippen molar-refractivity contribution in [1.82, 2.24) is 15.7 Å². The van der Waals surface area contributed by atoms with Gasteiger partial charge in [-0.25, -0.2) is 5.48 Å². The van der Waals surface area contributed by atoms with Gasteiger partial charge in [-0.15, -0.1) is 0 Å². The third-order valence-corrected chi connectivity index (χ3v) is 3.92. The topological polar surface area (TPSA) is 102 Å². The third kappa shape index (κ3) is 5.33. The Morgan fingerprint density at radius 3 is 2.42 bits per heavy atom. The normalized spacial score (nSPS) is 16.0. The number of benzene rings is 1. The summed E-state index contributed by atoms with van der Waals surface area (Å²) in [7, 11) is 2.04. The summed E-state index contributed by atoms with van der Waals surface area (Å²) in [5.41, 5.74) is 2.42. The molecule has 0 aliphatic carbocycles. The minimum Gasteiger partial charge on any atom is -0.391 e. The summed E-state index contributed by atoms with van der Waals surface area (Å²) >= 11 is 0. The molecule has 0 aromatic heterocycles. The molecule has 2 rings (SSSR count). The minimum atomic E-state index is -1.26. The zero-order valence-electron chi connectivity index (χ0n) is 14.6. The van der Waals surface area contributed by atoms with Crippen LogP contribution in [0.15, 0.2) is 24.3 Å². The van der Waals surface area contributed by atoms with E-state index in [-0.39, 0.29) is 0 Å². The molecule has 7 nitrogen and oxygen atoms in total. The van der Waals surface area contributed by atoms with Crippen LogP contribution in [-0.4, -0.2) is 59.3 Å². The van der Waals surface area contributed by atoms with Crippen LogP contribution in [0.4, 0.5) is 0 Å². The Kier molecular flexibility index (Phi) is 6.76. The lowest BCUT2D eigenvalue weighted by atomic mass is 10.0. The number of nitrogens with zero attached hydrogens (tertiary/aromatic N) is 1. The summed E-state index contributed by atoms with van der Waals surface area (Å²) in [4.78, 5) is 25.8. The number of nitrogens with one attached hydrogen (secondary N) is 2. The van der Waals surface area contributed by atoms with Crippen molar-refractivity contribution in [2.45, 2.75) is 19.1 Å². The fourth-order valence-corrected chi connectivity index (χ4v) is 2.44. The van der Waals surface area contributed by atoms with E-state index in [0.717, 1.165) is 13.1 Å². The Balaban J connectivity index is 1.96. The molecule has 0 radical (unpaired) electrons. The van der Waals surface area contributed by atoms with E-state index >= 15 is 0 Å². The minimum absolute atomic E-state index is 0.301. The Hall–Kier alpha value is -2.84. The quantitative estimate of drug-likeness (QED) is 0.334. The molecule has 1 fully saturated rings. The molecule has 0 bridgehead atoms. The van der Waals surface area contributed by atoms with E-state index in [1.165, 1.54) is 12.4 Å². The first-order valence-corrected chi connectivity index (χ1v) is 8.13. The molecular weight excluding hydrogens is 334 g/mol.